The summed E-state index contributed by atoms with van der Waals surface area (Å²) < 4.78 is 1.79. The number of aromatic nitrogens is 3. The van der Waals surface area contributed by atoms with Crippen LogP contribution in [0.2, 0.25) is 0 Å². The minimum absolute atomic E-state index is 0.0983. The molecule has 23 heavy (non-hydrogen) atoms. The van der Waals surface area contributed by atoms with Gasteiger partial charge in [-0.1, -0.05) is 0 Å². The monoisotopic (exact) mass is 312 g/mol. The van der Waals surface area contributed by atoms with Crippen LogP contribution in [0.3, 0.4) is 0 Å². The zero-order chi connectivity index (χ0) is 16.6. The summed E-state index contributed by atoms with van der Waals surface area (Å²) in [6.07, 6.45) is 2.96. The highest BCUT2D eigenvalue weighted by atomic mass is 16.3. The second-order valence-corrected chi connectivity index (χ2v) is 5.33. The van der Waals surface area contributed by atoms with E-state index in [1.807, 2.05) is 7.05 Å². The SMILES string of the molecule is Cc1cc(C(=O)NCc2c(O)ccc3ncn(C)c23)cnc1O. The molecule has 3 rings (SSSR count). The van der Waals surface area contributed by atoms with E-state index in [4.69, 9.17) is 0 Å². The summed E-state index contributed by atoms with van der Waals surface area (Å²) >= 11 is 0. The van der Waals surface area contributed by atoms with Crippen LogP contribution >= 0.6 is 0 Å². The van der Waals surface area contributed by atoms with Gasteiger partial charge in [0.05, 0.1) is 22.9 Å². The molecule has 0 aliphatic carbocycles. The van der Waals surface area contributed by atoms with E-state index in [1.54, 1.807) is 36.0 Å². The Hall–Kier alpha value is -3.09. The Kier molecular flexibility index (Phi) is 3.61. The lowest BCUT2D eigenvalue weighted by Crippen LogP contribution is -2.23. The number of pyridine rings is 1. The first-order valence-electron chi connectivity index (χ1n) is 7.03. The lowest BCUT2D eigenvalue weighted by molar-refractivity contribution is 0.0950. The highest BCUT2D eigenvalue weighted by Gasteiger charge is 2.14. The van der Waals surface area contributed by atoms with Crippen molar-refractivity contribution < 1.29 is 15.0 Å². The fourth-order valence-corrected chi connectivity index (χ4v) is 2.45. The van der Waals surface area contributed by atoms with Gasteiger partial charge < -0.3 is 20.1 Å². The Labute approximate surface area is 132 Å². The average Bonchev–Trinajstić information content (AvgIpc) is 2.90. The van der Waals surface area contributed by atoms with Gasteiger partial charge in [-0.2, -0.15) is 0 Å². The van der Waals surface area contributed by atoms with Crippen LogP contribution in [-0.4, -0.2) is 30.7 Å². The summed E-state index contributed by atoms with van der Waals surface area (Å²) in [6, 6.07) is 4.84. The largest absolute Gasteiger partial charge is 0.508 e. The number of rotatable bonds is 3. The Morgan fingerprint density at radius 1 is 1.30 bits per heavy atom. The zero-order valence-corrected chi connectivity index (χ0v) is 12.7. The number of benzene rings is 1. The smallest absolute Gasteiger partial charge is 0.253 e. The molecular weight excluding hydrogens is 296 g/mol. The van der Waals surface area contributed by atoms with Crippen molar-refractivity contribution in [3.05, 3.63) is 47.4 Å². The fraction of sp³-hybridized carbons (Fsp3) is 0.188. The number of hydrogen-bond acceptors (Lipinski definition) is 5. The van der Waals surface area contributed by atoms with Gasteiger partial charge in [-0.05, 0) is 25.1 Å². The second kappa shape index (κ2) is 5.60. The molecule has 0 saturated heterocycles. The van der Waals surface area contributed by atoms with E-state index in [9.17, 15) is 15.0 Å². The number of carbonyl (C=O) groups excluding carboxylic acids is 1. The minimum atomic E-state index is -0.334. The molecule has 2 aromatic heterocycles. The summed E-state index contributed by atoms with van der Waals surface area (Å²) in [6.45, 7) is 1.82. The van der Waals surface area contributed by atoms with E-state index < -0.39 is 0 Å². The topological polar surface area (TPSA) is 100 Å². The summed E-state index contributed by atoms with van der Waals surface area (Å²) in [5, 5.41) is 22.2. The molecule has 1 aromatic carbocycles. The number of carbonyl (C=O) groups is 1. The molecule has 0 saturated carbocycles. The van der Waals surface area contributed by atoms with E-state index in [2.05, 4.69) is 15.3 Å². The molecule has 0 bridgehead atoms. The number of aromatic hydroxyl groups is 2. The molecule has 2 heterocycles. The molecule has 0 radical (unpaired) electrons. The zero-order valence-electron chi connectivity index (χ0n) is 12.7. The average molecular weight is 312 g/mol. The van der Waals surface area contributed by atoms with Gasteiger partial charge >= 0.3 is 0 Å². The maximum absolute atomic E-state index is 12.2. The number of phenols is 1. The van der Waals surface area contributed by atoms with Gasteiger partial charge in [-0.15, -0.1) is 0 Å². The van der Waals surface area contributed by atoms with Crippen LogP contribution in [0.25, 0.3) is 11.0 Å². The molecule has 7 nitrogen and oxygen atoms in total. The van der Waals surface area contributed by atoms with Crippen LogP contribution in [0.1, 0.15) is 21.5 Å². The van der Waals surface area contributed by atoms with Crippen molar-refractivity contribution in [1.82, 2.24) is 19.9 Å². The number of fused-ring (bicyclic) bond motifs is 1. The van der Waals surface area contributed by atoms with Gasteiger partial charge in [0.15, 0.2) is 0 Å². The number of phenolic OH excluding ortho intramolecular Hbond substituents is 1. The highest BCUT2D eigenvalue weighted by Crippen LogP contribution is 2.26. The van der Waals surface area contributed by atoms with Crippen molar-refractivity contribution in [2.75, 3.05) is 0 Å². The predicted molar refractivity (Wildman–Crippen MR) is 84.2 cm³/mol. The van der Waals surface area contributed by atoms with Crippen molar-refractivity contribution in [3.8, 4) is 11.6 Å². The van der Waals surface area contributed by atoms with Crippen LogP contribution in [0, 0.1) is 6.92 Å². The molecule has 3 N–H and O–H groups in total. The number of amides is 1. The summed E-state index contributed by atoms with van der Waals surface area (Å²) in [4.78, 5) is 20.2. The van der Waals surface area contributed by atoms with Crippen LogP contribution in [-0.2, 0) is 13.6 Å². The number of aryl methyl sites for hydroxylation is 2. The van der Waals surface area contributed by atoms with Crippen LogP contribution in [0.15, 0.2) is 30.7 Å². The van der Waals surface area contributed by atoms with Crippen molar-refractivity contribution in [2.45, 2.75) is 13.5 Å². The summed E-state index contributed by atoms with van der Waals surface area (Å²) in [5.74, 6) is -0.334. The van der Waals surface area contributed by atoms with Crippen molar-refractivity contribution in [1.29, 1.82) is 0 Å². The van der Waals surface area contributed by atoms with Gasteiger partial charge in [-0.3, -0.25) is 4.79 Å². The lowest BCUT2D eigenvalue weighted by atomic mass is 10.1. The van der Waals surface area contributed by atoms with E-state index in [0.717, 1.165) is 11.0 Å². The van der Waals surface area contributed by atoms with E-state index in [0.29, 0.717) is 16.7 Å². The highest BCUT2D eigenvalue weighted by molar-refractivity contribution is 5.94. The molecule has 1 amide bonds. The van der Waals surface area contributed by atoms with Gasteiger partial charge in [-0.25, -0.2) is 9.97 Å². The molecule has 0 spiro atoms. The minimum Gasteiger partial charge on any atom is -0.508 e. The van der Waals surface area contributed by atoms with Crippen LogP contribution < -0.4 is 5.32 Å². The number of hydrogen-bond donors (Lipinski definition) is 3. The predicted octanol–water partition coefficient (Wildman–Crippen LogP) is 1.62. The summed E-state index contributed by atoms with van der Waals surface area (Å²) in [7, 11) is 1.83. The second-order valence-electron chi connectivity index (χ2n) is 5.33. The molecular formula is C16H16N4O3. The van der Waals surface area contributed by atoms with Crippen molar-refractivity contribution in [2.24, 2.45) is 7.05 Å². The summed E-state index contributed by atoms with van der Waals surface area (Å²) in [5.41, 5.74) is 2.98. The van der Waals surface area contributed by atoms with Crippen molar-refractivity contribution >= 4 is 16.9 Å². The van der Waals surface area contributed by atoms with E-state index >= 15 is 0 Å². The molecule has 3 aromatic rings. The number of imidazole rings is 1. The third-order valence-electron chi connectivity index (χ3n) is 3.70. The van der Waals surface area contributed by atoms with Crippen LogP contribution in [0.5, 0.6) is 11.6 Å². The molecule has 7 heteroatoms. The van der Waals surface area contributed by atoms with Gasteiger partial charge in [0, 0.05) is 30.9 Å². The molecule has 0 aliphatic rings. The standard InChI is InChI=1S/C16H16N4O3/c1-9-5-10(6-17-15(9)22)16(23)18-7-11-13(21)4-3-12-14(11)20(2)8-19-12/h3-6,8,21H,7H2,1-2H3,(H,17,22)(H,18,23). The maximum atomic E-state index is 12.2. The first kappa shape index (κ1) is 14.8. The van der Waals surface area contributed by atoms with Gasteiger partial charge in [0.25, 0.3) is 5.91 Å². The third kappa shape index (κ3) is 2.68. The molecule has 0 unspecified atom stereocenters. The van der Waals surface area contributed by atoms with E-state index in [-0.39, 0.29) is 24.1 Å². The molecule has 118 valence electrons. The van der Waals surface area contributed by atoms with Crippen LogP contribution in [0.4, 0.5) is 0 Å². The Morgan fingerprint density at radius 2 is 2.09 bits per heavy atom. The van der Waals surface area contributed by atoms with Crippen molar-refractivity contribution in [3.63, 3.8) is 0 Å². The Bertz CT molecular complexity index is 902. The lowest BCUT2D eigenvalue weighted by Gasteiger charge is -2.10. The molecule has 0 fully saturated rings. The Morgan fingerprint density at radius 3 is 2.83 bits per heavy atom. The maximum Gasteiger partial charge on any atom is 0.253 e. The first-order chi connectivity index (χ1) is 11.0. The molecule has 0 aliphatic heterocycles. The van der Waals surface area contributed by atoms with Gasteiger partial charge in [0.1, 0.15) is 5.75 Å². The number of nitrogens with zero attached hydrogens (tertiary/aromatic N) is 3. The Balaban J connectivity index is 1.85. The van der Waals surface area contributed by atoms with E-state index in [1.165, 1.54) is 6.20 Å². The van der Waals surface area contributed by atoms with Gasteiger partial charge in [0.2, 0.25) is 5.88 Å². The quantitative estimate of drug-likeness (QED) is 0.682. The third-order valence-corrected chi connectivity index (χ3v) is 3.70. The normalized spacial score (nSPS) is 10.9. The molecule has 0 atom stereocenters. The number of nitrogens with one attached hydrogen (secondary N) is 1. The fourth-order valence-electron chi connectivity index (χ4n) is 2.45. The first-order valence-corrected chi connectivity index (χ1v) is 7.03.